The molecule has 0 atom stereocenters. The summed E-state index contributed by atoms with van der Waals surface area (Å²) in [6, 6.07) is 3.71. The molecule has 1 aromatic rings. The Morgan fingerprint density at radius 2 is 1.89 bits per heavy atom. The van der Waals surface area contributed by atoms with Crippen LogP contribution in [0.5, 0.6) is 0 Å². The number of anilines is 1. The van der Waals surface area contributed by atoms with E-state index in [-0.39, 0.29) is 18.2 Å². The molecule has 0 bridgehead atoms. The van der Waals surface area contributed by atoms with Crippen LogP contribution < -0.4 is 10.6 Å². The molecule has 0 saturated carbocycles. The van der Waals surface area contributed by atoms with Crippen molar-refractivity contribution in [3.05, 3.63) is 28.3 Å². The van der Waals surface area contributed by atoms with Gasteiger partial charge >= 0.3 is 0 Å². The second-order valence-electron chi connectivity index (χ2n) is 4.51. The smallest absolute Gasteiger partial charge is 0.233 e. The molecule has 0 fully saturated rings. The van der Waals surface area contributed by atoms with Crippen molar-refractivity contribution in [3.8, 4) is 0 Å². The number of carbonyl (C=O) groups excluding carboxylic acids is 2. The summed E-state index contributed by atoms with van der Waals surface area (Å²) < 4.78 is 0. The molecule has 1 rings (SSSR count). The maximum atomic E-state index is 11.7. The molecule has 0 saturated heterocycles. The number of nitrogens with one attached hydrogen (secondary N) is 2. The summed E-state index contributed by atoms with van der Waals surface area (Å²) >= 11 is 6.08. The van der Waals surface area contributed by atoms with E-state index in [0.29, 0.717) is 17.3 Å². The van der Waals surface area contributed by atoms with Crippen LogP contribution in [0.4, 0.5) is 5.69 Å². The standard InChI is InChI=1S/C14H19ClN2O2/c1-4-5-16-12(18)8-13(19)17-14-10(3)6-9(2)7-11(14)15/h6-7H,4-5,8H2,1-3H3,(H,16,18)(H,17,19). The first-order chi connectivity index (χ1) is 8.93. The number of carbonyl (C=O) groups is 2. The molecule has 2 N–H and O–H groups in total. The molecule has 2 amide bonds. The molecule has 1 aromatic carbocycles. The van der Waals surface area contributed by atoms with Crippen molar-refractivity contribution in [2.45, 2.75) is 33.6 Å². The van der Waals surface area contributed by atoms with Gasteiger partial charge in [0.2, 0.25) is 11.8 Å². The highest BCUT2D eigenvalue weighted by atomic mass is 35.5. The molecule has 104 valence electrons. The molecule has 0 spiro atoms. The zero-order valence-corrected chi connectivity index (χ0v) is 12.2. The third-order valence-electron chi connectivity index (χ3n) is 2.59. The minimum atomic E-state index is -0.359. The van der Waals surface area contributed by atoms with Crippen molar-refractivity contribution in [2.75, 3.05) is 11.9 Å². The molecule has 0 radical (unpaired) electrons. The van der Waals surface area contributed by atoms with Crippen molar-refractivity contribution < 1.29 is 9.59 Å². The number of halogens is 1. The van der Waals surface area contributed by atoms with Crippen LogP contribution >= 0.6 is 11.6 Å². The first kappa shape index (κ1) is 15.5. The minimum absolute atomic E-state index is 0.191. The number of amides is 2. The fourth-order valence-corrected chi connectivity index (χ4v) is 2.10. The van der Waals surface area contributed by atoms with E-state index in [9.17, 15) is 9.59 Å². The van der Waals surface area contributed by atoms with Crippen LogP contribution in [0.15, 0.2) is 12.1 Å². The lowest BCUT2D eigenvalue weighted by Gasteiger charge is -2.11. The zero-order valence-electron chi connectivity index (χ0n) is 11.5. The van der Waals surface area contributed by atoms with Gasteiger partial charge in [-0.3, -0.25) is 9.59 Å². The quantitative estimate of drug-likeness (QED) is 0.816. The molecule has 0 aliphatic rings. The van der Waals surface area contributed by atoms with Crippen molar-refractivity contribution in [2.24, 2.45) is 0 Å². The molecule has 0 aliphatic heterocycles. The third kappa shape index (κ3) is 4.91. The Balaban J connectivity index is 2.65. The molecular formula is C14H19ClN2O2. The van der Waals surface area contributed by atoms with E-state index >= 15 is 0 Å². The van der Waals surface area contributed by atoms with Crippen LogP contribution in [0.25, 0.3) is 0 Å². The highest BCUT2D eigenvalue weighted by molar-refractivity contribution is 6.34. The zero-order chi connectivity index (χ0) is 14.4. The highest BCUT2D eigenvalue weighted by Crippen LogP contribution is 2.27. The van der Waals surface area contributed by atoms with E-state index < -0.39 is 0 Å². The monoisotopic (exact) mass is 282 g/mol. The first-order valence-corrected chi connectivity index (χ1v) is 6.65. The average Bonchev–Trinajstić information content (AvgIpc) is 2.31. The molecule has 19 heavy (non-hydrogen) atoms. The predicted molar refractivity (Wildman–Crippen MR) is 77.5 cm³/mol. The number of rotatable bonds is 5. The Hall–Kier alpha value is -1.55. The van der Waals surface area contributed by atoms with Gasteiger partial charge in [0.15, 0.2) is 0 Å². The third-order valence-corrected chi connectivity index (χ3v) is 2.89. The Kier molecular flexibility index (Phi) is 5.83. The maximum Gasteiger partial charge on any atom is 0.233 e. The lowest BCUT2D eigenvalue weighted by atomic mass is 10.1. The van der Waals surface area contributed by atoms with Crippen LogP contribution in [-0.2, 0) is 9.59 Å². The fraction of sp³-hybridized carbons (Fsp3) is 0.429. The van der Waals surface area contributed by atoms with Gasteiger partial charge in [-0.15, -0.1) is 0 Å². The number of hydrogen-bond donors (Lipinski definition) is 2. The predicted octanol–water partition coefficient (Wildman–Crippen LogP) is 2.81. The molecule has 0 unspecified atom stereocenters. The summed E-state index contributed by atoms with van der Waals surface area (Å²) in [6.07, 6.45) is 0.653. The molecule has 0 aliphatic carbocycles. The maximum absolute atomic E-state index is 11.7. The molecular weight excluding hydrogens is 264 g/mol. The average molecular weight is 283 g/mol. The van der Waals surface area contributed by atoms with Gasteiger partial charge in [0.1, 0.15) is 6.42 Å². The summed E-state index contributed by atoms with van der Waals surface area (Å²) in [7, 11) is 0. The summed E-state index contributed by atoms with van der Waals surface area (Å²) in [4.78, 5) is 23.2. The van der Waals surface area contributed by atoms with Crippen molar-refractivity contribution in [1.29, 1.82) is 0 Å². The summed E-state index contributed by atoms with van der Waals surface area (Å²) in [6.45, 7) is 6.33. The van der Waals surface area contributed by atoms with Crippen LogP contribution in [0.1, 0.15) is 30.9 Å². The Labute approximate surface area is 118 Å². The van der Waals surface area contributed by atoms with Crippen LogP contribution in [0.2, 0.25) is 5.02 Å². The van der Waals surface area contributed by atoms with Crippen LogP contribution in [0, 0.1) is 13.8 Å². The molecule has 5 heteroatoms. The molecule has 0 heterocycles. The fourth-order valence-electron chi connectivity index (χ4n) is 1.73. The van der Waals surface area contributed by atoms with Gasteiger partial charge in [-0.2, -0.15) is 0 Å². The summed E-state index contributed by atoms with van der Waals surface area (Å²) in [5.74, 6) is -0.636. The van der Waals surface area contributed by atoms with E-state index in [0.717, 1.165) is 17.5 Å². The van der Waals surface area contributed by atoms with E-state index in [1.807, 2.05) is 26.8 Å². The molecule has 0 aromatic heterocycles. The van der Waals surface area contributed by atoms with E-state index in [1.165, 1.54) is 0 Å². The lowest BCUT2D eigenvalue weighted by molar-refractivity contribution is -0.126. The SMILES string of the molecule is CCCNC(=O)CC(=O)Nc1c(C)cc(C)cc1Cl. The second-order valence-corrected chi connectivity index (χ2v) is 4.92. The van der Waals surface area contributed by atoms with Gasteiger partial charge in [-0.05, 0) is 37.5 Å². The summed E-state index contributed by atoms with van der Waals surface area (Å²) in [5.41, 5.74) is 2.48. The van der Waals surface area contributed by atoms with Gasteiger partial charge in [0, 0.05) is 6.54 Å². The van der Waals surface area contributed by atoms with Crippen molar-refractivity contribution in [1.82, 2.24) is 5.32 Å². The van der Waals surface area contributed by atoms with E-state index in [1.54, 1.807) is 6.07 Å². The highest BCUT2D eigenvalue weighted by Gasteiger charge is 2.12. The van der Waals surface area contributed by atoms with Crippen molar-refractivity contribution in [3.63, 3.8) is 0 Å². The lowest BCUT2D eigenvalue weighted by Crippen LogP contribution is -2.28. The Morgan fingerprint density at radius 3 is 2.47 bits per heavy atom. The van der Waals surface area contributed by atoms with Crippen LogP contribution in [-0.4, -0.2) is 18.4 Å². The first-order valence-electron chi connectivity index (χ1n) is 6.27. The molecule has 4 nitrogen and oxygen atoms in total. The topological polar surface area (TPSA) is 58.2 Å². The number of aryl methyl sites for hydroxylation is 2. The summed E-state index contributed by atoms with van der Waals surface area (Å²) in [5, 5.41) is 5.82. The minimum Gasteiger partial charge on any atom is -0.356 e. The van der Waals surface area contributed by atoms with Crippen molar-refractivity contribution >= 4 is 29.1 Å². The largest absolute Gasteiger partial charge is 0.356 e. The second kappa shape index (κ2) is 7.14. The Morgan fingerprint density at radius 1 is 1.21 bits per heavy atom. The van der Waals surface area contributed by atoms with Gasteiger partial charge in [0.25, 0.3) is 0 Å². The van der Waals surface area contributed by atoms with Gasteiger partial charge in [-0.25, -0.2) is 0 Å². The van der Waals surface area contributed by atoms with Gasteiger partial charge in [-0.1, -0.05) is 24.6 Å². The van der Waals surface area contributed by atoms with Gasteiger partial charge in [0.05, 0.1) is 10.7 Å². The number of benzene rings is 1. The Bertz CT molecular complexity index is 463. The van der Waals surface area contributed by atoms with E-state index in [2.05, 4.69) is 10.6 Å². The van der Waals surface area contributed by atoms with Gasteiger partial charge < -0.3 is 10.6 Å². The number of hydrogen-bond acceptors (Lipinski definition) is 2. The van der Waals surface area contributed by atoms with E-state index in [4.69, 9.17) is 11.6 Å². The normalized spacial score (nSPS) is 10.1. The van der Waals surface area contributed by atoms with Crippen LogP contribution in [0.3, 0.4) is 0 Å².